The third-order valence-electron chi connectivity index (χ3n) is 4.36. The highest BCUT2D eigenvalue weighted by Crippen LogP contribution is 2.26. The van der Waals surface area contributed by atoms with Crippen molar-refractivity contribution in [3.05, 3.63) is 0 Å². The number of carbonyl (C=O) groups is 1. The third kappa shape index (κ3) is 7.67. The van der Waals surface area contributed by atoms with Gasteiger partial charge in [0.2, 0.25) is 0 Å². The van der Waals surface area contributed by atoms with Crippen LogP contribution >= 0.6 is 0 Å². The van der Waals surface area contributed by atoms with Gasteiger partial charge in [-0.3, -0.25) is 0 Å². The lowest BCUT2D eigenvalue weighted by Gasteiger charge is -2.27. The molecule has 124 valence electrons. The van der Waals surface area contributed by atoms with Gasteiger partial charge in [-0.25, -0.2) is 4.79 Å². The molecule has 0 atom stereocenters. The van der Waals surface area contributed by atoms with Crippen molar-refractivity contribution in [2.75, 3.05) is 19.7 Å². The summed E-state index contributed by atoms with van der Waals surface area (Å²) in [6.07, 6.45) is 7.69. The zero-order valence-electron chi connectivity index (χ0n) is 13.6. The lowest BCUT2D eigenvalue weighted by Crippen LogP contribution is -2.46. The SMILES string of the molecule is CC(C)(CO)CCCNC(=O)NCC1(O)CCCCCC1. The Balaban J connectivity index is 2.16. The van der Waals surface area contributed by atoms with E-state index >= 15 is 0 Å². The highest BCUT2D eigenvalue weighted by molar-refractivity contribution is 5.73. The molecule has 21 heavy (non-hydrogen) atoms. The number of rotatable bonds is 7. The van der Waals surface area contributed by atoms with E-state index in [2.05, 4.69) is 10.6 Å². The second kappa shape index (κ2) is 8.59. The van der Waals surface area contributed by atoms with E-state index < -0.39 is 5.60 Å². The lowest BCUT2D eigenvalue weighted by molar-refractivity contribution is 0.0277. The molecule has 5 heteroatoms. The van der Waals surface area contributed by atoms with Gasteiger partial charge >= 0.3 is 6.03 Å². The van der Waals surface area contributed by atoms with Gasteiger partial charge in [-0.2, -0.15) is 0 Å². The Kier molecular flexibility index (Phi) is 7.46. The van der Waals surface area contributed by atoms with Gasteiger partial charge in [-0.1, -0.05) is 39.5 Å². The molecule has 0 heterocycles. The van der Waals surface area contributed by atoms with Crippen molar-refractivity contribution >= 4 is 6.03 Å². The number of urea groups is 1. The number of hydrogen-bond acceptors (Lipinski definition) is 3. The van der Waals surface area contributed by atoms with Crippen LogP contribution < -0.4 is 10.6 Å². The molecule has 1 rings (SSSR count). The van der Waals surface area contributed by atoms with Gasteiger partial charge in [0.25, 0.3) is 0 Å². The van der Waals surface area contributed by atoms with Crippen LogP contribution in [0.5, 0.6) is 0 Å². The lowest BCUT2D eigenvalue weighted by atomic mass is 9.89. The largest absolute Gasteiger partial charge is 0.396 e. The molecule has 1 fully saturated rings. The van der Waals surface area contributed by atoms with Gasteiger partial charge in [0.05, 0.1) is 5.60 Å². The van der Waals surface area contributed by atoms with E-state index in [1.807, 2.05) is 13.8 Å². The minimum absolute atomic E-state index is 0.0896. The summed E-state index contributed by atoms with van der Waals surface area (Å²) in [7, 11) is 0. The molecule has 1 aliphatic carbocycles. The highest BCUT2D eigenvalue weighted by atomic mass is 16.3. The van der Waals surface area contributed by atoms with E-state index in [1.54, 1.807) is 0 Å². The Morgan fingerprint density at radius 3 is 2.33 bits per heavy atom. The summed E-state index contributed by atoms with van der Waals surface area (Å²) in [5.74, 6) is 0. The van der Waals surface area contributed by atoms with Crippen LogP contribution in [0.3, 0.4) is 0 Å². The van der Waals surface area contributed by atoms with Crippen molar-refractivity contribution < 1.29 is 15.0 Å². The molecule has 0 bridgehead atoms. The number of aliphatic hydroxyl groups excluding tert-OH is 1. The average Bonchev–Trinajstić information content (AvgIpc) is 2.67. The minimum atomic E-state index is -0.729. The highest BCUT2D eigenvalue weighted by Gasteiger charge is 2.28. The van der Waals surface area contributed by atoms with Crippen LogP contribution in [0.25, 0.3) is 0 Å². The molecule has 1 aliphatic rings. The molecule has 0 aromatic carbocycles. The summed E-state index contributed by atoms with van der Waals surface area (Å²) < 4.78 is 0. The van der Waals surface area contributed by atoms with Gasteiger partial charge in [0.15, 0.2) is 0 Å². The van der Waals surface area contributed by atoms with Crippen LogP contribution in [-0.4, -0.2) is 41.5 Å². The van der Waals surface area contributed by atoms with Crippen molar-refractivity contribution in [3.63, 3.8) is 0 Å². The van der Waals surface area contributed by atoms with Crippen LogP contribution in [0.4, 0.5) is 4.79 Å². The number of aliphatic hydroxyl groups is 2. The van der Waals surface area contributed by atoms with E-state index in [0.717, 1.165) is 38.5 Å². The fraction of sp³-hybridized carbons (Fsp3) is 0.938. The first-order valence-electron chi connectivity index (χ1n) is 8.22. The third-order valence-corrected chi connectivity index (χ3v) is 4.36. The maximum Gasteiger partial charge on any atom is 0.314 e. The molecule has 5 nitrogen and oxygen atoms in total. The molecular weight excluding hydrogens is 268 g/mol. The van der Waals surface area contributed by atoms with Crippen molar-refractivity contribution in [2.45, 2.75) is 70.8 Å². The van der Waals surface area contributed by atoms with Gasteiger partial charge in [0.1, 0.15) is 0 Å². The summed E-state index contributed by atoms with van der Waals surface area (Å²) in [5.41, 5.74) is -0.819. The smallest absolute Gasteiger partial charge is 0.314 e. The summed E-state index contributed by atoms with van der Waals surface area (Å²) in [5, 5.41) is 25.2. The number of carbonyl (C=O) groups excluding carboxylic acids is 1. The monoisotopic (exact) mass is 300 g/mol. The number of amides is 2. The van der Waals surface area contributed by atoms with Crippen LogP contribution in [-0.2, 0) is 0 Å². The Labute approximate surface area is 128 Å². The van der Waals surface area contributed by atoms with Crippen LogP contribution in [0.1, 0.15) is 65.2 Å². The molecule has 1 saturated carbocycles. The van der Waals surface area contributed by atoms with Crippen molar-refractivity contribution in [1.82, 2.24) is 10.6 Å². The standard InChI is InChI=1S/C16H32N2O3/c1-15(2,13-19)8-7-11-17-14(20)18-12-16(21)9-5-3-4-6-10-16/h19,21H,3-13H2,1-2H3,(H2,17,18,20). The maximum absolute atomic E-state index is 11.7. The minimum Gasteiger partial charge on any atom is -0.396 e. The zero-order chi connectivity index (χ0) is 15.8. The molecule has 0 aliphatic heterocycles. The molecule has 0 spiro atoms. The first-order chi connectivity index (χ1) is 9.87. The first kappa shape index (κ1) is 18.2. The van der Waals surface area contributed by atoms with Crippen molar-refractivity contribution in [1.29, 1.82) is 0 Å². The fourth-order valence-electron chi connectivity index (χ4n) is 2.72. The van der Waals surface area contributed by atoms with Crippen LogP contribution in [0.15, 0.2) is 0 Å². The van der Waals surface area contributed by atoms with Crippen LogP contribution in [0.2, 0.25) is 0 Å². The summed E-state index contributed by atoms with van der Waals surface area (Å²) in [6, 6.07) is -0.213. The van der Waals surface area contributed by atoms with E-state index in [-0.39, 0.29) is 18.1 Å². The first-order valence-corrected chi connectivity index (χ1v) is 8.22. The predicted octanol–water partition coefficient (Wildman–Crippen LogP) is 2.17. The molecule has 0 aromatic rings. The second-order valence-electron chi connectivity index (χ2n) is 7.17. The Bertz CT molecular complexity index is 311. The molecule has 2 amide bonds. The van der Waals surface area contributed by atoms with E-state index in [4.69, 9.17) is 5.11 Å². The van der Waals surface area contributed by atoms with Crippen molar-refractivity contribution in [2.24, 2.45) is 5.41 Å². The molecule has 4 N–H and O–H groups in total. The topological polar surface area (TPSA) is 81.6 Å². The summed E-state index contributed by atoms with van der Waals surface area (Å²) in [6.45, 7) is 5.10. The van der Waals surface area contributed by atoms with Crippen molar-refractivity contribution in [3.8, 4) is 0 Å². The molecular formula is C16H32N2O3. The number of hydrogen-bond donors (Lipinski definition) is 4. The normalized spacial score (nSPS) is 18.9. The average molecular weight is 300 g/mol. The van der Waals surface area contributed by atoms with E-state index in [1.165, 1.54) is 12.8 Å². The fourth-order valence-corrected chi connectivity index (χ4v) is 2.72. The Hall–Kier alpha value is -0.810. The summed E-state index contributed by atoms with van der Waals surface area (Å²) >= 11 is 0. The van der Waals surface area contributed by atoms with Gasteiger partial charge < -0.3 is 20.8 Å². The molecule has 0 unspecified atom stereocenters. The number of nitrogens with one attached hydrogen (secondary N) is 2. The van der Waals surface area contributed by atoms with Gasteiger partial charge in [-0.05, 0) is 31.1 Å². The summed E-state index contributed by atoms with van der Waals surface area (Å²) in [4.78, 5) is 11.7. The maximum atomic E-state index is 11.7. The van der Waals surface area contributed by atoms with E-state index in [0.29, 0.717) is 13.1 Å². The van der Waals surface area contributed by atoms with E-state index in [9.17, 15) is 9.90 Å². The zero-order valence-corrected chi connectivity index (χ0v) is 13.6. The van der Waals surface area contributed by atoms with Gasteiger partial charge in [-0.15, -0.1) is 0 Å². The quantitative estimate of drug-likeness (QED) is 0.429. The Morgan fingerprint density at radius 2 is 1.76 bits per heavy atom. The molecule has 0 aromatic heterocycles. The molecule has 0 radical (unpaired) electrons. The molecule has 0 saturated heterocycles. The second-order valence-corrected chi connectivity index (χ2v) is 7.17. The predicted molar refractivity (Wildman–Crippen MR) is 84.2 cm³/mol. The van der Waals surface area contributed by atoms with Crippen LogP contribution in [0, 0.1) is 5.41 Å². The Morgan fingerprint density at radius 1 is 1.14 bits per heavy atom. The van der Waals surface area contributed by atoms with Gasteiger partial charge in [0, 0.05) is 19.7 Å².